The minimum absolute atomic E-state index is 0.00606. The molecule has 5 fully saturated rings. The number of halogens is 1. The van der Waals surface area contributed by atoms with E-state index >= 15 is 0 Å². The van der Waals surface area contributed by atoms with Crippen molar-refractivity contribution < 1.29 is 29.3 Å². The Labute approximate surface area is 328 Å². The van der Waals surface area contributed by atoms with Crippen LogP contribution in [-0.2, 0) is 25.7 Å². The third-order valence-corrected chi connectivity index (χ3v) is 18.0. The number of carboxylic acid groups (broad SMARTS) is 1. The largest absolute Gasteiger partial charge is 0.481 e. The lowest BCUT2D eigenvalue weighted by Gasteiger charge is -2.72. The number of allylic oxidation sites excluding steroid dienone is 1. The van der Waals surface area contributed by atoms with Crippen LogP contribution < -0.4 is 5.32 Å². The standard InChI is InChI=1S/C46H66ClNO6/c1-26(2)37-32(49)23-46(35(50)25-48-24-27-10-12-28(47)13-11-27)21-20-44(8)29(38(37)46)14-15-34-43(7)18-17-36(42(5,6)33(43)16-19-45(34,44)9)54-40(53)31-22-30(39(51)52)41(31,3)4/h10-13,26,29-31,33-36,48,50H,14-25H2,1-9H3,(H,51,52)/t29-,30+,31-,33+,34-,35+,36+,43+,44-,45-,46+/m1/s1. The highest BCUT2D eigenvalue weighted by Gasteiger charge is 2.71. The van der Waals surface area contributed by atoms with Gasteiger partial charge in [-0.2, -0.15) is 0 Å². The van der Waals surface area contributed by atoms with Gasteiger partial charge in [0.2, 0.25) is 0 Å². The fourth-order valence-corrected chi connectivity index (χ4v) is 14.5. The van der Waals surface area contributed by atoms with E-state index in [1.807, 2.05) is 38.1 Å². The van der Waals surface area contributed by atoms with Gasteiger partial charge in [-0.3, -0.25) is 14.4 Å². The lowest BCUT2D eigenvalue weighted by atomic mass is 9.33. The van der Waals surface area contributed by atoms with Crippen LogP contribution in [0.2, 0.25) is 5.02 Å². The molecule has 11 atom stereocenters. The molecule has 0 saturated heterocycles. The molecule has 1 aromatic carbocycles. The maximum atomic E-state index is 14.1. The summed E-state index contributed by atoms with van der Waals surface area (Å²) in [6.07, 6.45) is 7.88. The number of carboxylic acids is 1. The highest BCUT2D eigenvalue weighted by molar-refractivity contribution is 6.30. The number of carbonyl (C=O) groups is 3. The van der Waals surface area contributed by atoms with Crippen molar-refractivity contribution in [2.75, 3.05) is 6.54 Å². The fourth-order valence-electron chi connectivity index (χ4n) is 14.4. The van der Waals surface area contributed by atoms with E-state index in [-0.39, 0.29) is 57.3 Å². The molecule has 6 aliphatic rings. The summed E-state index contributed by atoms with van der Waals surface area (Å²) in [6.45, 7) is 21.5. The van der Waals surface area contributed by atoms with Crippen LogP contribution in [0.1, 0.15) is 132 Å². The Kier molecular flexibility index (Phi) is 9.95. The van der Waals surface area contributed by atoms with E-state index in [4.69, 9.17) is 16.3 Å². The minimum Gasteiger partial charge on any atom is -0.481 e. The molecule has 6 aliphatic carbocycles. The van der Waals surface area contributed by atoms with Crippen molar-refractivity contribution in [3.8, 4) is 0 Å². The number of nitrogens with one attached hydrogen (secondary N) is 1. The van der Waals surface area contributed by atoms with Gasteiger partial charge in [-0.25, -0.2) is 0 Å². The molecule has 8 heteroatoms. The Hall–Kier alpha value is -2.22. The molecule has 0 heterocycles. The first-order chi connectivity index (χ1) is 25.1. The Balaban J connectivity index is 1.12. The van der Waals surface area contributed by atoms with Crippen LogP contribution in [0.5, 0.6) is 0 Å². The van der Waals surface area contributed by atoms with Crippen molar-refractivity contribution in [3.63, 3.8) is 0 Å². The van der Waals surface area contributed by atoms with Crippen molar-refractivity contribution in [1.82, 2.24) is 5.32 Å². The van der Waals surface area contributed by atoms with Gasteiger partial charge in [-0.05, 0) is 126 Å². The zero-order chi connectivity index (χ0) is 39.4. The lowest BCUT2D eigenvalue weighted by Crippen LogP contribution is -2.66. The number of rotatable bonds is 9. The maximum absolute atomic E-state index is 14.1. The third-order valence-electron chi connectivity index (χ3n) is 17.8. The number of aliphatic hydroxyl groups excluding tert-OH is 1. The van der Waals surface area contributed by atoms with Crippen molar-refractivity contribution >= 4 is 29.3 Å². The number of hydrogen-bond donors (Lipinski definition) is 3. The molecule has 1 aromatic rings. The summed E-state index contributed by atoms with van der Waals surface area (Å²) in [5.41, 5.74) is 2.20. The summed E-state index contributed by atoms with van der Waals surface area (Å²) in [4.78, 5) is 39.4. The average molecular weight is 764 g/mol. The van der Waals surface area contributed by atoms with Crippen LogP contribution in [-0.4, -0.2) is 46.7 Å². The molecule has 0 radical (unpaired) electrons. The second-order valence-electron chi connectivity index (χ2n) is 20.9. The number of ketones is 1. The van der Waals surface area contributed by atoms with Crippen molar-refractivity contribution in [3.05, 3.63) is 46.0 Å². The maximum Gasteiger partial charge on any atom is 0.309 e. The molecule has 7 nitrogen and oxygen atoms in total. The van der Waals surface area contributed by atoms with Gasteiger partial charge < -0.3 is 20.3 Å². The van der Waals surface area contributed by atoms with Gasteiger partial charge in [0.05, 0.1) is 17.9 Å². The Bertz CT molecular complexity index is 1720. The van der Waals surface area contributed by atoms with E-state index < -0.39 is 28.8 Å². The molecule has 0 unspecified atom stereocenters. The van der Waals surface area contributed by atoms with E-state index in [2.05, 4.69) is 53.8 Å². The van der Waals surface area contributed by atoms with Crippen LogP contribution in [0.15, 0.2) is 35.4 Å². The van der Waals surface area contributed by atoms with E-state index in [1.165, 1.54) is 5.57 Å². The Morgan fingerprint density at radius 1 is 0.870 bits per heavy atom. The summed E-state index contributed by atoms with van der Waals surface area (Å²) in [5, 5.41) is 26.1. The summed E-state index contributed by atoms with van der Waals surface area (Å²) in [7, 11) is 0. The average Bonchev–Trinajstić information content (AvgIpc) is 3.40. The van der Waals surface area contributed by atoms with Crippen LogP contribution in [0.3, 0.4) is 0 Å². The van der Waals surface area contributed by atoms with Crippen LogP contribution in [0.25, 0.3) is 0 Å². The van der Waals surface area contributed by atoms with Crippen LogP contribution in [0.4, 0.5) is 0 Å². The lowest BCUT2D eigenvalue weighted by molar-refractivity contribution is -0.238. The number of benzene rings is 1. The topological polar surface area (TPSA) is 113 Å². The zero-order valence-electron chi connectivity index (χ0n) is 34.3. The smallest absolute Gasteiger partial charge is 0.309 e. The second-order valence-corrected chi connectivity index (χ2v) is 21.3. The van der Waals surface area contributed by atoms with Gasteiger partial charge in [0, 0.05) is 35.4 Å². The quantitative estimate of drug-likeness (QED) is 0.215. The predicted molar refractivity (Wildman–Crippen MR) is 211 cm³/mol. The van der Waals surface area contributed by atoms with Crippen molar-refractivity contribution in [2.45, 2.75) is 145 Å². The molecule has 0 aromatic heterocycles. The molecule has 7 rings (SSSR count). The SMILES string of the molecule is CC(C)C1=C2[C@H]3CC[C@@H]4[C@@]5(C)CC[C@H](OC(=O)[C@H]6C[C@@H](C(=O)O)C6(C)C)C(C)(C)[C@@H]5CC[C@@]4(C)[C@]3(C)CC[C@@]2([C@@H](O)CNCc2ccc(Cl)cc2)CC1=O. The van der Waals surface area contributed by atoms with Gasteiger partial charge in [0.1, 0.15) is 6.10 Å². The van der Waals surface area contributed by atoms with Gasteiger partial charge in [-0.15, -0.1) is 0 Å². The third kappa shape index (κ3) is 5.73. The van der Waals surface area contributed by atoms with E-state index in [9.17, 15) is 24.6 Å². The number of carbonyl (C=O) groups excluding carboxylic acids is 2. The highest BCUT2D eigenvalue weighted by Crippen LogP contribution is 2.77. The van der Waals surface area contributed by atoms with Gasteiger partial charge >= 0.3 is 11.9 Å². The summed E-state index contributed by atoms with van der Waals surface area (Å²) < 4.78 is 6.41. The number of aliphatic carboxylic acids is 1. The molecule has 0 amide bonds. The highest BCUT2D eigenvalue weighted by atomic mass is 35.5. The van der Waals surface area contributed by atoms with Gasteiger partial charge in [0.15, 0.2) is 5.78 Å². The second kappa shape index (κ2) is 13.4. The van der Waals surface area contributed by atoms with E-state index in [1.54, 1.807) is 0 Å². The van der Waals surface area contributed by atoms with Crippen LogP contribution >= 0.6 is 11.6 Å². The number of ether oxygens (including phenoxy) is 1. The first-order valence-corrected chi connectivity index (χ1v) is 21.4. The molecule has 54 heavy (non-hydrogen) atoms. The van der Waals surface area contributed by atoms with Crippen LogP contribution in [0, 0.1) is 68.0 Å². The molecular weight excluding hydrogens is 698 g/mol. The number of fused-ring (bicyclic) bond motifs is 7. The van der Waals surface area contributed by atoms with E-state index in [0.717, 1.165) is 62.5 Å². The minimum atomic E-state index is -0.829. The van der Waals surface area contributed by atoms with E-state index in [0.29, 0.717) is 42.8 Å². The normalized spacial score (nSPS) is 41.2. The Morgan fingerprint density at radius 2 is 1.56 bits per heavy atom. The molecule has 5 saturated carbocycles. The molecular formula is C46H66ClNO6. The van der Waals surface area contributed by atoms with Gasteiger partial charge in [0.25, 0.3) is 0 Å². The first kappa shape index (κ1) is 40.0. The number of esters is 1. The molecule has 0 aliphatic heterocycles. The van der Waals surface area contributed by atoms with Crippen molar-refractivity contribution in [1.29, 1.82) is 0 Å². The zero-order valence-corrected chi connectivity index (χ0v) is 35.1. The molecule has 0 spiro atoms. The number of Topliss-reactive ketones (excluding diaryl/α,β-unsaturated/α-hetero) is 1. The summed E-state index contributed by atoms with van der Waals surface area (Å²) in [6, 6.07) is 7.80. The fraction of sp³-hybridized carbons (Fsp3) is 0.761. The monoisotopic (exact) mass is 763 g/mol. The molecule has 3 N–H and O–H groups in total. The van der Waals surface area contributed by atoms with Gasteiger partial charge in [-0.1, -0.05) is 91.6 Å². The molecule has 298 valence electrons. The summed E-state index contributed by atoms with van der Waals surface area (Å²) in [5.74, 6) is -0.431. The van der Waals surface area contributed by atoms with Crippen molar-refractivity contribution in [2.24, 2.45) is 68.0 Å². The molecule has 0 bridgehead atoms. The predicted octanol–water partition coefficient (Wildman–Crippen LogP) is 9.43. The Morgan fingerprint density at radius 3 is 2.19 bits per heavy atom. The number of aliphatic hydroxyl groups is 1. The first-order valence-electron chi connectivity index (χ1n) is 21.0. The summed E-state index contributed by atoms with van der Waals surface area (Å²) >= 11 is 6.11. The number of hydrogen-bond acceptors (Lipinski definition) is 6.